The third-order valence-electron chi connectivity index (χ3n) is 5.24. The van der Waals surface area contributed by atoms with E-state index in [1.165, 1.54) is 22.3 Å². The molecule has 0 amide bonds. The van der Waals surface area contributed by atoms with E-state index in [4.69, 9.17) is 14.5 Å². The SMILES string of the molecule is COc1cc2c(cc1OC)C(C(C)c1ccc(C(C)(C)C)cc1)=NCC2.Cl. The van der Waals surface area contributed by atoms with Crippen LogP contribution in [0.15, 0.2) is 41.4 Å². The van der Waals surface area contributed by atoms with Crippen molar-refractivity contribution in [1.82, 2.24) is 0 Å². The molecular formula is C23H30ClNO2. The third-order valence-corrected chi connectivity index (χ3v) is 5.24. The molecule has 1 unspecified atom stereocenters. The molecule has 1 aliphatic rings. The Kier molecular flexibility index (Phi) is 6.59. The van der Waals surface area contributed by atoms with Crippen molar-refractivity contribution >= 4 is 18.1 Å². The maximum atomic E-state index is 5.51. The van der Waals surface area contributed by atoms with Gasteiger partial charge in [-0.3, -0.25) is 4.99 Å². The van der Waals surface area contributed by atoms with E-state index in [2.05, 4.69) is 64.1 Å². The van der Waals surface area contributed by atoms with Crippen LogP contribution in [0.5, 0.6) is 11.5 Å². The normalized spacial score (nSPS) is 14.5. The number of rotatable bonds is 4. The molecule has 0 saturated heterocycles. The van der Waals surface area contributed by atoms with Gasteiger partial charge in [0, 0.05) is 23.7 Å². The van der Waals surface area contributed by atoms with Crippen LogP contribution in [0, 0.1) is 0 Å². The largest absolute Gasteiger partial charge is 0.493 e. The van der Waals surface area contributed by atoms with Crippen LogP contribution in [0.1, 0.15) is 55.9 Å². The van der Waals surface area contributed by atoms with Gasteiger partial charge in [0.2, 0.25) is 0 Å². The van der Waals surface area contributed by atoms with Gasteiger partial charge < -0.3 is 9.47 Å². The summed E-state index contributed by atoms with van der Waals surface area (Å²) in [5, 5.41) is 0. The Morgan fingerprint density at radius 1 is 0.963 bits per heavy atom. The van der Waals surface area contributed by atoms with Gasteiger partial charge in [0.25, 0.3) is 0 Å². The molecule has 1 heterocycles. The lowest BCUT2D eigenvalue weighted by atomic mass is 9.83. The molecule has 27 heavy (non-hydrogen) atoms. The molecule has 0 aliphatic carbocycles. The molecule has 1 aliphatic heterocycles. The van der Waals surface area contributed by atoms with Crippen LogP contribution in [0.25, 0.3) is 0 Å². The second-order valence-electron chi connectivity index (χ2n) is 7.97. The van der Waals surface area contributed by atoms with Crippen molar-refractivity contribution in [1.29, 1.82) is 0 Å². The van der Waals surface area contributed by atoms with Gasteiger partial charge in [-0.05, 0) is 40.7 Å². The lowest BCUT2D eigenvalue weighted by molar-refractivity contribution is 0.354. The molecule has 2 aromatic carbocycles. The van der Waals surface area contributed by atoms with Crippen molar-refractivity contribution in [2.45, 2.75) is 45.4 Å². The summed E-state index contributed by atoms with van der Waals surface area (Å²) in [4.78, 5) is 4.87. The standard InChI is InChI=1S/C23H29NO2.ClH/c1-15(16-7-9-18(10-8-16)23(2,3)4)22-19-14-21(26-6)20(25-5)13-17(19)11-12-24-22;/h7-10,13-15H,11-12H2,1-6H3;1H. The number of fused-ring (bicyclic) bond motifs is 1. The van der Waals surface area contributed by atoms with Gasteiger partial charge in [0.05, 0.1) is 14.2 Å². The first kappa shape index (κ1) is 21.3. The number of hydrogen-bond acceptors (Lipinski definition) is 3. The highest BCUT2D eigenvalue weighted by Crippen LogP contribution is 2.35. The predicted octanol–water partition coefficient (Wildman–Crippen LogP) is 5.57. The maximum absolute atomic E-state index is 5.51. The first-order chi connectivity index (χ1) is 12.3. The van der Waals surface area contributed by atoms with Gasteiger partial charge in [-0.25, -0.2) is 0 Å². The maximum Gasteiger partial charge on any atom is 0.161 e. The molecule has 0 bridgehead atoms. The van der Waals surface area contributed by atoms with Crippen molar-refractivity contribution in [3.63, 3.8) is 0 Å². The van der Waals surface area contributed by atoms with Gasteiger partial charge in [-0.1, -0.05) is 52.0 Å². The van der Waals surface area contributed by atoms with E-state index in [1.807, 2.05) is 0 Å². The van der Waals surface area contributed by atoms with Crippen LogP contribution in [-0.2, 0) is 11.8 Å². The molecule has 3 rings (SSSR count). The van der Waals surface area contributed by atoms with Crippen LogP contribution in [0.3, 0.4) is 0 Å². The van der Waals surface area contributed by atoms with Crippen LogP contribution < -0.4 is 9.47 Å². The summed E-state index contributed by atoms with van der Waals surface area (Å²) < 4.78 is 11.0. The number of nitrogens with zero attached hydrogens (tertiary/aromatic N) is 1. The number of ether oxygens (including phenoxy) is 2. The molecular weight excluding hydrogens is 358 g/mol. The molecule has 0 spiro atoms. The fourth-order valence-electron chi connectivity index (χ4n) is 3.55. The summed E-state index contributed by atoms with van der Waals surface area (Å²) in [5.74, 6) is 1.78. The smallest absolute Gasteiger partial charge is 0.161 e. The predicted molar refractivity (Wildman–Crippen MR) is 115 cm³/mol. The monoisotopic (exact) mass is 387 g/mol. The highest BCUT2D eigenvalue weighted by Gasteiger charge is 2.24. The first-order valence-corrected chi connectivity index (χ1v) is 9.25. The first-order valence-electron chi connectivity index (χ1n) is 9.25. The number of methoxy groups -OCH3 is 2. The van der Waals surface area contributed by atoms with E-state index < -0.39 is 0 Å². The van der Waals surface area contributed by atoms with Gasteiger partial charge in [0.1, 0.15) is 0 Å². The van der Waals surface area contributed by atoms with Crippen molar-refractivity contribution in [3.8, 4) is 11.5 Å². The summed E-state index contributed by atoms with van der Waals surface area (Å²) in [6.07, 6.45) is 0.939. The highest BCUT2D eigenvalue weighted by atomic mass is 35.5. The minimum atomic E-state index is 0. The minimum Gasteiger partial charge on any atom is -0.493 e. The number of benzene rings is 2. The van der Waals surface area contributed by atoms with Crippen molar-refractivity contribution in [2.75, 3.05) is 20.8 Å². The van der Waals surface area contributed by atoms with Crippen molar-refractivity contribution < 1.29 is 9.47 Å². The molecule has 0 radical (unpaired) electrons. The zero-order chi connectivity index (χ0) is 18.9. The van der Waals surface area contributed by atoms with E-state index in [0.29, 0.717) is 0 Å². The van der Waals surface area contributed by atoms with E-state index in [-0.39, 0.29) is 23.7 Å². The lowest BCUT2D eigenvalue weighted by Crippen LogP contribution is -2.19. The molecule has 0 aromatic heterocycles. The molecule has 0 saturated carbocycles. The second-order valence-corrected chi connectivity index (χ2v) is 7.97. The lowest BCUT2D eigenvalue weighted by Gasteiger charge is -2.25. The van der Waals surface area contributed by atoms with Crippen LogP contribution in [-0.4, -0.2) is 26.5 Å². The molecule has 3 nitrogen and oxygen atoms in total. The summed E-state index contributed by atoms with van der Waals surface area (Å²) in [7, 11) is 3.36. The quantitative estimate of drug-likeness (QED) is 0.686. The van der Waals surface area contributed by atoms with Gasteiger partial charge in [0.15, 0.2) is 11.5 Å². The third kappa shape index (κ3) is 4.30. The van der Waals surface area contributed by atoms with E-state index >= 15 is 0 Å². The molecule has 1 atom stereocenters. The van der Waals surface area contributed by atoms with E-state index in [0.717, 1.165) is 30.2 Å². The fourth-order valence-corrected chi connectivity index (χ4v) is 3.55. The van der Waals surface area contributed by atoms with Gasteiger partial charge in [-0.2, -0.15) is 0 Å². The van der Waals surface area contributed by atoms with Crippen LogP contribution in [0.2, 0.25) is 0 Å². The Balaban J connectivity index is 0.00000261. The molecule has 146 valence electrons. The van der Waals surface area contributed by atoms with Crippen LogP contribution in [0.4, 0.5) is 0 Å². The zero-order valence-corrected chi connectivity index (χ0v) is 17.9. The second kappa shape index (κ2) is 8.35. The fraction of sp³-hybridized carbons (Fsp3) is 0.435. The summed E-state index contributed by atoms with van der Waals surface area (Å²) in [5.41, 5.74) is 6.41. The Morgan fingerprint density at radius 2 is 1.56 bits per heavy atom. The summed E-state index contributed by atoms with van der Waals surface area (Å²) >= 11 is 0. The Morgan fingerprint density at radius 3 is 2.11 bits per heavy atom. The number of hydrogen-bond donors (Lipinski definition) is 0. The zero-order valence-electron chi connectivity index (χ0n) is 17.1. The number of aliphatic imine (C=N–C) groups is 1. The molecule has 0 fully saturated rings. The Labute approximate surface area is 169 Å². The average Bonchev–Trinajstić information content (AvgIpc) is 2.65. The van der Waals surface area contributed by atoms with E-state index in [1.54, 1.807) is 14.2 Å². The number of halogens is 1. The molecule has 2 aromatic rings. The molecule has 4 heteroatoms. The molecule has 0 N–H and O–H groups in total. The van der Waals surface area contributed by atoms with Gasteiger partial charge >= 0.3 is 0 Å². The Hall–Kier alpha value is -2.00. The van der Waals surface area contributed by atoms with Gasteiger partial charge in [-0.15, -0.1) is 12.4 Å². The average molecular weight is 388 g/mol. The van der Waals surface area contributed by atoms with Crippen molar-refractivity contribution in [3.05, 3.63) is 58.7 Å². The topological polar surface area (TPSA) is 30.8 Å². The van der Waals surface area contributed by atoms with Crippen molar-refractivity contribution in [2.24, 2.45) is 4.99 Å². The summed E-state index contributed by atoms with van der Waals surface area (Å²) in [6, 6.07) is 13.1. The Bertz CT molecular complexity index is 820. The highest BCUT2D eigenvalue weighted by molar-refractivity contribution is 6.07. The van der Waals surface area contributed by atoms with E-state index in [9.17, 15) is 0 Å². The minimum absolute atomic E-state index is 0. The summed E-state index contributed by atoms with van der Waals surface area (Å²) in [6.45, 7) is 9.78. The van der Waals surface area contributed by atoms with Crippen LogP contribution >= 0.6 is 12.4 Å².